The van der Waals surface area contributed by atoms with Crippen LogP contribution in [0.4, 0.5) is 23.5 Å². The molecule has 4 nitrogen and oxygen atoms in total. The largest absolute Gasteiger partial charge is 0.369 e. The molecule has 3 aromatic rings. The predicted octanol–water partition coefficient (Wildman–Crippen LogP) is 3.21. The van der Waals surface area contributed by atoms with Crippen LogP contribution in [0.1, 0.15) is 0 Å². The van der Waals surface area contributed by atoms with Crippen LogP contribution in [0.2, 0.25) is 5.02 Å². The highest BCUT2D eigenvalue weighted by Gasteiger charge is 2.24. The van der Waals surface area contributed by atoms with Gasteiger partial charge in [0.2, 0.25) is 5.95 Å². The van der Waals surface area contributed by atoms with Crippen LogP contribution in [-0.4, -0.2) is 14.5 Å². The Morgan fingerprint density at radius 2 is 1.67 bits per heavy atom. The number of imidazole rings is 1. The first-order chi connectivity index (χ1) is 9.90. The molecule has 9 heteroatoms. The van der Waals surface area contributed by atoms with Crippen molar-refractivity contribution >= 4 is 28.7 Å². The summed E-state index contributed by atoms with van der Waals surface area (Å²) in [4.78, 5) is 7.64. The summed E-state index contributed by atoms with van der Waals surface area (Å²) in [6, 6.07) is 1.45. The van der Waals surface area contributed by atoms with Gasteiger partial charge in [0.25, 0.3) is 0 Å². The van der Waals surface area contributed by atoms with E-state index in [4.69, 9.17) is 17.3 Å². The highest BCUT2D eigenvalue weighted by atomic mass is 35.5. The van der Waals surface area contributed by atoms with E-state index in [0.717, 1.165) is 0 Å². The number of benzene rings is 1. The van der Waals surface area contributed by atoms with Crippen molar-refractivity contribution in [3.63, 3.8) is 0 Å². The first-order valence-electron chi connectivity index (χ1n) is 5.53. The minimum absolute atomic E-state index is 0.0836. The molecule has 2 heterocycles. The Balaban J connectivity index is 2.44. The average Bonchev–Trinajstić information content (AvgIpc) is 2.73. The summed E-state index contributed by atoms with van der Waals surface area (Å²) in [7, 11) is 0. The van der Waals surface area contributed by atoms with E-state index in [-0.39, 0.29) is 28.2 Å². The van der Waals surface area contributed by atoms with Gasteiger partial charge < -0.3 is 5.73 Å². The van der Waals surface area contributed by atoms with Gasteiger partial charge in [-0.3, -0.25) is 4.57 Å². The normalized spacial score (nSPS) is 11.3. The predicted molar refractivity (Wildman–Crippen MR) is 68.1 cm³/mol. The van der Waals surface area contributed by atoms with Gasteiger partial charge in [-0.1, -0.05) is 11.6 Å². The minimum atomic E-state index is -1.60. The van der Waals surface area contributed by atoms with Crippen LogP contribution in [0.15, 0.2) is 18.3 Å². The van der Waals surface area contributed by atoms with Crippen LogP contribution in [0.25, 0.3) is 16.9 Å². The molecule has 0 spiro atoms. The number of hydrogen-bond acceptors (Lipinski definition) is 3. The van der Waals surface area contributed by atoms with Crippen molar-refractivity contribution in [1.29, 1.82) is 0 Å². The van der Waals surface area contributed by atoms with Gasteiger partial charge in [-0.25, -0.2) is 27.5 Å². The Morgan fingerprint density at radius 1 is 1.05 bits per heavy atom. The molecule has 108 valence electrons. The van der Waals surface area contributed by atoms with Crippen molar-refractivity contribution in [2.24, 2.45) is 0 Å². The quantitative estimate of drug-likeness (QED) is 0.554. The van der Waals surface area contributed by atoms with E-state index in [1.54, 1.807) is 0 Å². The molecule has 0 aliphatic rings. The highest BCUT2D eigenvalue weighted by Crippen LogP contribution is 2.29. The Hall–Kier alpha value is -2.35. The summed E-state index contributed by atoms with van der Waals surface area (Å²) >= 11 is 5.72. The lowest BCUT2D eigenvalue weighted by molar-refractivity contribution is 0.449. The summed E-state index contributed by atoms with van der Waals surface area (Å²) in [5.74, 6) is -6.70. The summed E-state index contributed by atoms with van der Waals surface area (Å²) in [5.41, 5.74) is 4.58. The maximum atomic E-state index is 13.9. The summed E-state index contributed by atoms with van der Waals surface area (Å²) < 4.78 is 55.0. The van der Waals surface area contributed by atoms with Gasteiger partial charge in [0, 0.05) is 12.3 Å². The van der Waals surface area contributed by atoms with Crippen molar-refractivity contribution in [1.82, 2.24) is 14.5 Å². The van der Waals surface area contributed by atoms with E-state index in [1.807, 2.05) is 0 Å². The van der Waals surface area contributed by atoms with Gasteiger partial charge >= 0.3 is 0 Å². The first kappa shape index (κ1) is 13.6. The standard InChI is InChI=1S/C12H5ClF4N4/c13-4-1-7-11(19-3-4)21(12(18)20-7)10-8(16)5(14)2-6(15)9(10)17/h1-3H,(H2,18,20). The molecule has 0 amide bonds. The van der Waals surface area contributed by atoms with Crippen LogP contribution in [0.3, 0.4) is 0 Å². The van der Waals surface area contributed by atoms with Gasteiger partial charge in [-0.2, -0.15) is 0 Å². The lowest BCUT2D eigenvalue weighted by Gasteiger charge is -2.09. The minimum Gasteiger partial charge on any atom is -0.369 e. The number of fused-ring (bicyclic) bond motifs is 1. The molecule has 0 saturated carbocycles. The molecule has 2 aromatic heterocycles. The monoisotopic (exact) mass is 316 g/mol. The second-order valence-electron chi connectivity index (χ2n) is 4.12. The van der Waals surface area contributed by atoms with Gasteiger partial charge in [0.1, 0.15) is 11.2 Å². The Bertz CT molecular complexity index is 851. The Kier molecular flexibility index (Phi) is 2.98. The second kappa shape index (κ2) is 4.59. The number of pyridine rings is 1. The molecule has 0 saturated heterocycles. The van der Waals surface area contributed by atoms with Gasteiger partial charge in [-0.05, 0) is 6.07 Å². The van der Waals surface area contributed by atoms with Crippen molar-refractivity contribution < 1.29 is 17.6 Å². The number of rotatable bonds is 1. The highest BCUT2D eigenvalue weighted by molar-refractivity contribution is 6.31. The topological polar surface area (TPSA) is 56.7 Å². The maximum absolute atomic E-state index is 13.9. The van der Waals surface area contributed by atoms with E-state index < -0.39 is 29.0 Å². The average molecular weight is 317 g/mol. The van der Waals surface area contributed by atoms with Crippen molar-refractivity contribution in [3.05, 3.63) is 46.6 Å². The number of nitrogen functional groups attached to an aromatic ring is 1. The molecule has 1 aromatic carbocycles. The third-order valence-corrected chi connectivity index (χ3v) is 3.01. The van der Waals surface area contributed by atoms with Crippen LogP contribution < -0.4 is 5.73 Å². The lowest BCUT2D eigenvalue weighted by Crippen LogP contribution is -2.09. The van der Waals surface area contributed by atoms with Crippen LogP contribution in [-0.2, 0) is 0 Å². The van der Waals surface area contributed by atoms with E-state index in [9.17, 15) is 17.6 Å². The second-order valence-corrected chi connectivity index (χ2v) is 4.55. The maximum Gasteiger partial charge on any atom is 0.207 e. The Morgan fingerprint density at radius 3 is 2.29 bits per heavy atom. The molecule has 0 radical (unpaired) electrons. The summed E-state index contributed by atoms with van der Waals surface area (Å²) in [6.45, 7) is 0. The van der Waals surface area contributed by atoms with Crippen molar-refractivity contribution in [3.8, 4) is 5.69 Å². The van der Waals surface area contributed by atoms with E-state index in [0.29, 0.717) is 4.57 Å². The fourth-order valence-corrected chi connectivity index (χ4v) is 2.09. The van der Waals surface area contributed by atoms with E-state index in [1.165, 1.54) is 12.3 Å². The molecule has 0 fully saturated rings. The third-order valence-electron chi connectivity index (χ3n) is 2.80. The molecule has 0 aliphatic carbocycles. The van der Waals surface area contributed by atoms with Crippen LogP contribution in [0, 0.1) is 23.3 Å². The van der Waals surface area contributed by atoms with Gasteiger partial charge in [-0.15, -0.1) is 0 Å². The fourth-order valence-electron chi connectivity index (χ4n) is 1.94. The smallest absolute Gasteiger partial charge is 0.207 e. The zero-order valence-electron chi connectivity index (χ0n) is 10.0. The lowest BCUT2D eigenvalue weighted by atomic mass is 10.2. The van der Waals surface area contributed by atoms with Gasteiger partial charge in [0.05, 0.1) is 5.02 Å². The molecule has 3 rings (SSSR count). The molecule has 21 heavy (non-hydrogen) atoms. The molecule has 2 N–H and O–H groups in total. The van der Waals surface area contributed by atoms with E-state index >= 15 is 0 Å². The molecule has 0 unspecified atom stereocenters. The number of nitrogens with zero attached hydrogens (tertiary/aromatic N) is 3. The molecular formula is C12H5ClF4N4. The molecular weight excluding hydrogens is 312 g/mol. The van der Waals surface area contributed by atoms with Crippen molar-refractivity contribution in [2.45, 2.75) is 0 Å². The number of hydrogen-bond donors (Lipinski definition) is 1. The number of anilines is 1. The molecule has 0 atom stereocenters. The van der Waals surface area contributed by atoms with Gasteiger partial charge in [0.15, 0.2) is 28.9 Å². The van der Waals surface area contributed by atoms with E-state index in [2.05, 4.69) is 9.97 Å². The van der Waals surface area contributed by atoms with Crippen LogP contribution >= 0.6 is 11.6 Å². The molecule has 0 bridgehead atoms. The zero-order valence-corrected chi connectivity index (χ0v) is 10.8. The SMILES string of the molecule is Nc1nc2cc(Cl)cnc2n1-c1c(F)c(F)cc(F)c1F. The first-order valence-corrected chi connectivity index (χ1v) is 5.90. The van der Waals surface area contributed by atoms with Crippen molar-refractivity contribution in [2.75, 3.05) is 5.73 Å². The molecule has 0 aliphatic heterocycles. The summed E-state index contributed by atoms with van der Waals surface area (Å²) in [6.07, 6.45) is 1.19. The number of aromatic nitrogens is 3. The number of nitrogens with two attached hydrogens (primary N) is 1. The Labute approximate surface area is 119 Å². The fraction of sp³-hybridized carbons (Fsp3) is 0. The summed E-state index contributed by atoms with van der Waals surface area (Å²) in [5, 5.41) is 0.221. The number of halogens is 5. The van der Waals surface area contributed by atoms with Crippen LogP contribution in [0.5, 0.6) is 0 Å². The zero-order chi connectivity index (χ0) is 15.3. The third kappa shape index (κ3) is 1.99.